The molecule has 0 unspecified atom stereocenters. The molecular weight excluding hydrogens is 404 g/mol. The van der Waals surface area contributed by atoms with Gasteiger partial charge in [-0.2, -0.15) is 0 Å². The molecule has 2 amide bonds. The van der Waals surface area contributed by atoms with Crippen molar-refractivity contribution in [2.45, 2.75) is 25.4 Å². The molecule has 1 heterocycles. The third-order valence-corrected chi connectivity index (χ3v) is 5.13. The highest BCUT2D eigenvalue weighted by atomic mass is 35.5. The van der Waals surface area contributed by atoms with Gasteiger partial charge in [-0.15, -0.1) is 5.10 Å². The molecule has 0 aliphatic carbocycles. The van der Waals surface area contributed by atoms with Gasteiger partial charge in [-0.1, -0.05) is 23.4 Å². The minimum absolute atomic E-state index is 0.0821. The van der Waals surface area contributed by atoms with Crippen molar-refractivity contribution >= 4 is 40.9 Å². The Hall–Kier alpha value is -2.33. The quantitative estimate of drug-likeness (QED) is 0.581. The van der Waals surface area contributed by atoms with Crippen LogP contribution >= 0.6 is 23.4 Å². The minimum atomic E-state index is -0.149. The summed E-state index contributed by atoms with van der Waals surface area (Å²) in [7, 11) is 1.74. The molecule has 0 saturated heterocycles. The summed E-state index contributed by atoms with van der Waals surface area (Å²) in [6, 6.07) is 4.91. The van der Waals surface area contributed by atoms with Gasteiger partial charge in [0.25, 0.3) is 5.91 Å². The smallest absolute Gasteiger partial charge is 0.260 e. The number of tetrazole rings is 1. The maximum Gasteiger partial charge on any atom is 0.260 e. The van der Waals surface area contributed by atoms with E-state index in [4.69, 9.17) is 16.3 Å². The van der Waals surface area contributed by atoms with Crippen LogP contribution in [-0.4, -0.2) is 62.4 Å². The maximum absolute atomic E-state index is 12.1. The van der Waals surface area contributed by atoms with E-state index < -0.39 is 0 Å². The number of aryl methyl sites for hydroxylation is 1. The van der Waals surface area contributed by atoms with E-state index in [9.17, 15) is 9.59 Å². The number of rotatable bonds is 10. The number of benzene rings is 1. The van der Waals surface area contributed by atoms with Crippen LogP contribution in [0.1, 0.15) is 20.3 Å². The Morgan fingerprint density at radius 3 is 2.68 bits per heavy atom. The number of carbonyl (C=O) groups excluding carboxylic acids is 2. The molecule has 152 valence electrons. The summed E-state index contributed by atoms with van der Waals surface area (Å²) in [5, 5.41) is 14.9. The third-order valence-electron chi connectivity index (χ3n) is 3.82. The summed E-state index contributed by atoms with van der Waals surface area (Å²) in [5.41, 5.74) is 0.558. The highest BCUT2D eigenvalue weighted by Gasteiger charge is 2.12. The van der Waals surface area contributed by atoms with Crippen LogP contribution in [0, 0.1) is 0 Å². The van der Waals surface area contributed by atoms with Gasteiger partial charge < -0.3 is 15.0 Å². The van der Waals surface area contributed by atoms with Crippen molar-refractivity contribution in [3.05, 3.63) is 23.2 Å². The highest BCUT2D eigenvalue weighted by molar-refractivity contribution is 7.99. The zero-order chi connectivity index (χ0) is 20.5. The second-order valence-electron chi connectivity index (χ2n) is 5.73. The van der Waals surface area contributed by atoms with E-state index in [0.717, 1.165) is 0 Å². The summed E-state index contributed by atoms with van der Waals surface area (Å²) in [6.07, 6.45) is 0.297. The number of carbonyl (C=O) groups is 2. The zero-order valence-electron chi connectivity index (χ0n) is 16.0. The second-order valence-corrected chi connectivity index (χ2v) is 7.20. The van der Waals surface area contributed by atoms with Gasteiger partial charge in [-0.3, -0.25) is 9.59 Å². The van der Waals surface area contributed by atoms with Crippen molar-refractivity contribution < 1.29 is 14.3 Å². The molecule has 9 nitrogen and oxygen atoms in total. The Labute approximate surface area is 172 Å². The predicted molar refractivity (Wildman–Crippen MR) is 108 cm³/mol. The van der Waals surface area contributed by atoms with Crippen LogP contribution in [0.15, 0.2) is 23.4 Å². The Balaban J connectivity index is 1.81. The molecule has 0 aliphatic heterocycles. The predicted octanol–water partition coefficient (Wildman–Crippen LogP) is 2.23. The van der Waals surface area contributed by atoms with Crippen molar-refractivity contribution in [3.63, 3.8) is 0 Å². The average molecular weight is 427 g/mol. The van der Waals surface area contributed by atoms with Gasteiger partial charge in [0, 0.05) is 38.0 Å². The van der Waals surface area contributed by atoms with Crippen LogP contribution in [0.2, 0.25) is 5.02 Å². The van der Waals surface area contributed by atoms with Crippen molar-refractivity contribution in [2.75, 3.05) is 30.8 Å². The first-order valence-electron chi connectivity index (χ1n) is 8.79. The monoisotopic (exact) mass is 426 g/mol. The number of nitrogens with one attached hydrogen (secondary N) is 1. The van der Waals surface area contributed by atoms with E-state index in [1.165, 1.54) is 11.8 Å². The molecule has 0 saturated carbocycles. The van der Waals surface area contributed by atoms with Gasteiger partial charge in [-0.25, -0.2) is 4.68 Å². The van der Waals surface area contributed by atoms with Crippen molar-refractivity contribution in [1.82, 2.24) is 25.1 Å². The maximum atomic E-state index is 12.1. The lowest BCUT2D eigenvalue weighted by Gasteiger charge is -2.19. The molecule has 11 heteroatoms. The number of hydrogen-bond donors (Lipinski definition) is 1. The lowest BCUT2D eigenvalue weighted by Crippen LogP contribution is -2.34. The molecule has 2 rings (SSSR count). The molecule has 0 aliphatic rings. The fourth-order valence-electron chi connectivity index (χ4n) is 2.30. The van der Waals surface area contributed by atoms with Gasteiger partial charge in [-0.05, 0) is 42.5 Å². The van der Waals surface area contributed by atoms with Gasteiger partial charge in [0.05, 0.1) is 5.02 Å². The second kappa shape index (κ2) is 10.9. The number of hydrogen-bond acceptors (Lipinski definition) is 7. The van der Waals surface area contributed by atoms with Gasteiger partial charge in [0.1, 0.15) is 5.75 Å². The van der Waals surface area contributed by atoms with E-state index in [1.54, 1.807) is 34.8 Å². The van der Waals surface area contributed by atoms with Crippen LogP contribution in [0.25, 0.3) is 0 Å². The summed E-state index contributed by atoms with van der Waals surface area (Å²) < 4.78 is 7.05. The lowest BCUT2D eigenvalue weighted by atomic mass is 10.3. The topological polar surface area (TPSA) is 102 Å². The number of likely N-dealkylation sites (N-methyl/N-ethyl adjacent to an activating group) is 1. The van der Waals surface area contributed by atoms with Crippen LogP contribution in [-0.2, 0) is 16.6 Å². The summed E-state index contributed by atoms with van der Waals surface area (Å²) in [6.45, 7) is 5.00. The molecule has 0 atom stereocenters. The SMILES string of the molecule is CCN(CC)C(=O)COc1ccc(NC(=O)CCSc2nnnn2C)cc1Cl. The summed E-state index contributed by atoms with van der Waals surface area (Å²) >= 11 is 7.60. The third kappa shape index (κ3) is 6.38. The van der Waals surface area contributed by atoms with E-state index >= 15 is 0 Å². The Morgan fingerprint density at radius 1 is 1.32 bits per heavy atom. The fraction of sp³-hybridized carbons (Fsp3) is 0.471. The normalized spacial score (nSPS) is 10.6. The van der Waals surface area contributed by atoms with Crippen molar-refractivity contribution in [2.24, 2.45) is 7.05 Å². The number of halogens is 1. The molecular formula is C17H23ClN6O3S. The summed E-state index contributed by atoms with van der Waals surface area (Å²) in [4.78, 5) is 25.7. The average Bonchev–Trinajstić information content (AvgIpc) is 3.07. The van der Waals surface area contributed by atoms with Crippen molar-refractivity contribution in [3.8, 4) is 5.75 Å². The number of aromatic nitrogens is 4. The molecule has 28 heavy (non-hydrogen) atoms. The van der Waals surface area contributed by atoms with E-state index in [0.29, 0.717) is 46.9 Å². The first-order valence-corrected chi connectivity index (χ1v) is 10.2. The molecule has 0 radical (unpaired) electrons. The number of amides is 2. The van der Waals surface area contributed by atoms with Gasteiger partial charge >= 0.3 is 0 Å². The number of thioether (sulfide) groups is 1. The van der Waals surface area contributed by atoms with E-state index in [2.05, 4.69) is 20.8 Å². The van der Waals surface area contributed by atoms with Crippen LogP contribution in [0.4, 0.5) is 5.69 Å². The zero-order valence-corrected chi connectivity index (χ0v) is 17.6. The van der Waals surface area contributed by atoms with Crippen LogP contribution in [0.3, 0.4) is 0 Å². The number of ether oxygens (including phenoxy) is 1. The van der Waals surface area contributed by atoms with E-state index in [1.807, 2.05) is 13.8 Å². The van der Waals surface area contributed by atoms with E-state index in [-0.39, 0.29) is 18.4 Å². The Morgan fingerprint density at radius 2 is 2.07 bits per heavy atom. The first-order chi connectivity index (χ1) is 13.4. The largest absolute Gasteiger partial charge is 0.482 e. The lowest BCUT2D eigenvalue weighted by molar-refractivity contribution is -0.133. The standard InChI is InChI=1S/C17H23ClN6O3S/c1-4-24(5-2)16(26)11-27-14-7-6-12(10-13(14)18)19-15(25)8-9-28-17-20-21-22-23(17)3/h6-7,10H,4-5,8-9,11H2,1-3H3,(H,19,25). The molecule has 1 N–H and O–H groups in total. The fourth-order valence-corrected chi connectivity index (χ4v) is 3.33. The number of nitrogens with zero attached hydrogens (tertiary/aromatic N) is 5. The molecule has 1 aromatic carbocycles. The number of anilines is 1. The van der Waals surface area contributed by atoms with Gasteiger partial charge in [0.15, 0.2) is 6.61 Å². The molecule has 0 spiro atoms. The van der Waals surface area contributed by atoms with Crippen LogP contribution in [0.5, 0.6) is 5.75 Å². The summed E-state index contributed by atoms with van der Waals surface area (Å²) in [5.74, 6) is 0.686. The molecule has 0 fully saturated rings. The minimum Gasteiger partial charge on any atom is -0.482 e. The van der Waals surface area contributed by atoms with Crippen molar-refractivity contribution in [1.29, 1.82) is 0 Å². The first kappa shape index (κ1) is 22.0. The Kier molecular flexibility index (Phi) is 8.52. The molecule has 0 bridgehead atoms. The van der Waals surface area contributed by atoms with Gasteiger partial charge in [0.2, 0.25) is 11.1 Å². The Bertz CT molecular complexity index is 812. The van der Waals surface area contributed by atoms with Crippen LogP contribution < -0.4 is 10.1 Å². The molecule has 2 aromatic rings. The highest BCUT2D eigenvalue weighted by Crippen LogP contribution is 2.28. The molecule has 1 aromatic heterocycles.